The van der Waals surface area contributed by atoms with Crippen LogP contribution in [0.1, 0.15) is 335 Å². The van der Waals surface area contributed by atoms with Gasteiger partial charge in [-0.3, -0.25) is 9.59 Å². The molecule has 0 radical (unpaired) electrons. The van der Waals surface area contributed by atoms with Crippen LogP contribution in [0.4, 0.5) is 0 Å². The van der Waals surface area contributed by atoms with Crippen molar-refractivity contribution in [1.29, 1.82) is 0 Å². The quantitative estimate of drug-likeness (QED) is 0.0211. The van der Waals surface area contributed by atoms with Gasteiger partial charge in [-0.05, 0) is 103 Å². The van der Waals surface area contributed by atoms with Gasteiger partial charge in [0.2, 0.25) is 0 Å². The molecule has 0 aliphatic heterocycles. The number of quaternary nitrogens is 1. The van der Waals surface area contributed by atoms with Gasteiger partial charge in [-0.15, -0.1) is 0 Å². The Morgan fingerprint density at radius 2 is 0.626 bits per heavy atom. The molecular weight excluding hydrogens is 1130 g/mol. The summed E-state index contributed by atoms with van der Waals surface area (Å²) in [6.45, 7) is 4.76. The first kappa shape index (κ1) is 87.0. The first-order valence-electron chi connectivity index (χ1n) is 38.1. The topological polar surface area (TPSA) is 108 Å². The minimum atomic E-state index is -1.52. The van der Waals surface area contributed by atoms with Gasteiger partial charge in [0.25, 0.3) is 6.29 Å². The second kappa shape index (κ2) is 71.8. The number of carbonyl (C=O) groups is 3. The molecule has 0 spiro atoms. The number of hydrogen-bond acceptors (Lipinski definition) is 7. The zero-order valence-corrected chi connectivity index (χ0v) is 60.0. The van der Waals surface area contributed by atoms with Crippen molar-refractivity contribution in [3.05, 3.63) is 109 Å². The van der Waals surface area contributed by atoms with E-state index in [2.05, 4.69) is 123 Å². The summed E-state index contributed by atoms with van der Waals surface area (Å²) in [5, 5.41) is 9.75. The van der Waals surface area contributed by atoms with Crippen molar-refractivity contribution in [3.63, 3.8) is 0 Å². The molecule has 0 aromatic rings. The highest BCUT2D eigenvalue weighted by atomic mass is 16.7. The summed E-state index contributed by atoms with van der Waals surface area (Å²) in [5.41, 5.74) is 0. The number of esters is 2. The molecule has 1 N–H and O–H groups in total. The maximum atomic E-state index is 12.9. The highest BCUT2D eigenvalue weighted by molar-refractivity contribution is 5.71. The lowest BCUT2D eigenvalue weighted by Gasteiger charge is -2.25. The Morgan fingerprint density at radius 1 is 0.341 bits per heavy atom. The Kier molecular flexibility index (Phi) is 68.6. The van der Waals surface area contributed by atoms with Crippen LogP contribution in [0, 0.1) is 0 Å². The van der Waals surface area contributed by atoms with Crippen LogP contribution in [-0.2, 0) is 33.3 Å². The number of carbonyl (C=O) groups excluding carboxylic acids is 2. The van der Waals surface area contributed by atoms with Crippen molar-refractivity contribution in [2.75, 3.05) is 47.5 Å². The largest absolute Gasteiger partial charge is 0.477 e. The number of hydrogen-bond donors (Lipinski definition) is 1. The van der Waals surface area contributed by atoms with Crippen molar-refractivity contribution < 1.29 is 42.9 Å². The van der Waals surface area contributed by atoms with Gasteiger partial charge in [-0.2, -0.15) is 0 Å². The Bertz CT molecular complexity index is 1870. The number of carboxylic acid groups (broad SMARTS) is 1. The van der Waals surface area contributed by atoms with Gasteiger partial charge >= 0.3 is 17.9 Å². The summed E-state index contributed by atoms with van der Waals surface area (Å²) in [6.07, 6.45) is 98.1. The molecule has 2 unspecified atom stereocenters. The fourth-order valence-corrected chi connectivity index (χ4v) is 10.7. The van der Waals surface area contributed by atoms with Crippen molar-refractivity contribution in [3.8, 4) is 0 Å². The number of likely N-dealkylation sites (N-methyl/N-ethyl adjacent to an activating group) is 1. The summed E-state index contributed by atoms with van der Waals surface area (Å²) in [6, 6.07) is 0. The summed E-state index contributed by atoms with van der Waals surface area (Å²) in [4.78, 5) is 37.7. The van der Waals surface area contributed by atoms with E-state index in [1.165, 1.54) is 193 Å². The van der Waals surface area contributed by atoms with Crippen LogP contribution in [-0.4, -0.2) is 87.4 Å². The minimum Gasteiger partial charge on any atom is -0.477 e. The number of carboxylic acids is 1. The average molecular weight is 1270 g/mol. The average Bonchev–Trinajstić information content (AvgIpc) is 3.46. The third-order valence-electron chi connectivity index (χ3n) is 16.5. The molecule has 2 atom stereocenters. The number of nitrogens with zero attached hydrogens (tertiary/aromatic N) is 1. The molecule has 0 fully saturated rings. The van der Waals surface area contributed by atoms with Gasteiger partial charge in [0.15, 0.2) is 6.10 Å². The van der Waals surface area contributed by atoms with Gasteiger partial charge in [0.05, 0.1) is 34.4 Å². The summed E-state index contributed by atoms with van der Waals surface area (Å²) >= 11 is 0. The molecular formula is C82H144NO8+. The fraction of sp³-hybridized carbons (Fsp3) is 0.744. The number of aliphatic carboxylic acids is 1. The molecule has 0 rings (SSSR count). The van der Waals surface area contributed by atoms with E-state index in [1.807, 2.05) is 21.1 Å². The van der Waals surface area contributed by atoms with Crippen LogP contribution in [0.2, 0.25) is 0 Å². The Labute approximate surface area is 562 Å². The molecule has 0 aromatic heterocycles. The summed E-state index contributed by atoms with van der Waals surface area (Å²) in [7, 11) is 5.97. The summed E-state index contributed by atoms with van der Waals surface area (Å²) in [5.74, 6) is -2.02. The van der Waals surface area contributed by atoms with Gasteiger partial charge in [-0.1, -0.05) is 329 Å². The molecule has 0 saturated heterocycles. The SMILES string of the molecule is CC/C=C\C/C=C\C/C=C\C/C=C\C/C=C\C/C=C\CCCCCCCCC(=O)OC(COC(=O)CCCCCCCCCCCCCCCCCCCCCCCCCCCC/C=C\C/C=C\C/C=C\CCCCCCC)COC(OCC[N+](C)(C)C)C(=O)O. The third-order valence-corrected chi connectivity index (χ3v) is 16.5. The lowest BCUT2D eigenvalue weighted by Crippen LogP contribution is -2.40. The van der Waals surface area contributed by atoms with Crippen LogP contribution < -0.4 is 0 Å². The van der Waals surface area contributed by atoms with Crippen molar-refractivity contribution in [1.82, 2.24) is 0 Å². The second-order valence-corrected chi connectivity index (χ2v) is 26.6. The fourth-order valence-electron chi connectivity index (χ4n) is 10.7. The maximum Gasteiger partial charge on any atom is 0.361 e. The second-order valence-electron chi connectivity index (χ2n) is 26.6. The van der Waals surface area contributed by atoms with Crippen LogP contribution >= 0.6 is 0 Å². The predicted molar refractivity (Wildman–Crippen MR) is 392 cm³/mol. The van der Waals surface area contributed by atoms with E-state index in [9.17, 15) is 19.5 Å². The molecule has 9 nitrogen and oxygen atoms in total. The van der Waals surface area contributed by atoms with E-state index >= 15 is 0 Å². The van der Waals surface area contributed by atoms with Crippen LogP contribution in [0.5, 0.6) is 0 Å². The monoisotopic (exact) mass is 1270 g/mol. The highest BCUT2D eigenvalue weighted by Crippen LogP contribution is 2.18. The predicted octanol–water partition coefficient (Wildman–Crippen LogP) is 24.1. The van der Waals surface area contributed by atoms with E-state index in [1.54, 1.807) is 0 Å². The Morgan fingerprint density at radius 3 is 0.934 bits per heavy atom. The molecule has 0 saturated carbocycles. The normalized spacial score (nSPS) is 13.3. The van der Waals surface area contributed by atoms with E-state index < -0.39 is 24.3 Å². The first-order chi connectivity index (χ1) is 44.6. The molecule has 0 aliphatic carbocycles. The standard InChI is InChI=1S/C82H143NO8/c1-6-8-10-12-14-16-18-20-22-24-26-28-30-32-33-34-35-36-37-38-39-40-41-42-43-44-45-46-47-49-50-52-54-56-58-60-62-64-66-68-70-72-79(84)89-76-78(77-90-82(81(86)87)88-75-74-83(3,4)5)91-80(85)73-71-69-67-65-63-61-59-57-55-53-51-48-31-29-27-25-23-21-19-17-15-13-11-9-7-2/h9,11,15,17-18,20-21,23-24,26-27,29-30,32,48,51,55,57,78,82H,6-8,10,12-14,16,19,22,25,28,31,33-47,49-50,52-54,56,58-77H2,1-5H3/p+1/b11-9-,17-15-,20-18-,23-21-,26-24-,29-27-,32-30-,51-48-,57-55-. The molecule has 524 valence electrons. The zero-order valence-electron chi connectivity index (χ0n) is 60.0. The van der Waals surface area contributed by atoms with Crippen LogP contribution in [0.25, 0.3) is 0 Å². The highest BCUT2D eigenvalue weighted by Gasteiger charge is 2.25. The number of rotatable bonds is 70. The van der Waals surface area contributed by atoms with Crippen LogP contribution in [0.3, 0.4) is 0 Å². The zero-order chi connectivity index (χ0) is 66.1. The molecule has 0 heterocycles. The van der Waals surface area contributed by atoms with Gasteiger partial charge in [-0.25, -0.2) is 4.79 Å². The van der Waals surface area contributed by atoms with Gasteiger partial charge in [0.1, 0.15) is 13.2 Å². The van der Waals surface area contributed by atoms with Crippen LogP contribution in [0.15, 0.2) is 109 Å². The van der Waals surface area contributed by atoms with Crippen molar-refractivity contribution in [2.45, 2.75) is 347 Å². The van der Waals surface area contributed by atoms with E-state index in [0.717, 1.165) is 109 Å². The van der Waals surface area contributed by atoms with E-state index in [-0.39, 0.29) is 32.2 Å². The van der Waals surface area contributed by atoms with Gasteiger partial charge < -0.3 is 28.5 Å². The smallest absolute Gasteiger partial charge is 0.361 e. The Balaban J connectivity index is 4.01. The first-order valence-corrected chi connectivity index (χ1v) is 38.1. The lowest BCUT2D eigenvalue weighted by molar-refractivity contribution is -0.870. The molecule has 0 bridgehead atoms. The number of allylic oxidation sites excluding steroid dienone is 18. The maximum absolute atomic E-state index is 12.9. The van der Waals surface area contributed by atoms with E-state index in [4.69, 9.17) is 18.9 Å². The van der Waals surface area contributed by atoms with Crippen molar-refractivity contribution >= 4 is 17.9 Å². The Hall–Kier alpha value is -4.05. The molecule has 9 heteroatoms. The van der Waals surface area contributed by atoms with E-state index in [0.29, 0.717) is 23.9 Å². The molecule has 0 amide bonds. The molecule has 91 heavy (non-hydrogen) atoms. The molecule has 0 aromatic carbocycles. The van der Waals surface area contributed by atoms with Crippen molar-refractivity contribution in [2.24, 2.45) is 0 Å². The summed E-state index contributed by atoms with van der Waals surface area (Å²) < 4.78 is 23.0. The lowest BCUT2D eigenvalue weighted by atomic mass is 10.0. The molecule has 0 aliphatic rings. The van der Waals surface area contributed by atoms with Gasteiger partial charge in [0, 0.05) is 12.8 Å². The minimum absolute atomic E-state index is 0.181. The number of ether oxygens (including phenoxy) is 4. The third kappa shape index (κ3) is 73.2. The number of unbranched alkanes of at least 4 members (excludes halogenated alkanes) is 37.